The van der Waals surface area contributed by atoms with E-state index in [-0.39, 0.29) is 5.91 Å². The molecule has 0 radical (unpaired) electrons. The van der Waals surface area contributed by atoms with Crippen molar-refractivity contribution in [1.82, 2.24) is 5.32 Å². The van der Waals surface area contributed by atoms with E-state index in [1.807, 2.05) is 0 Å². The number of hydrogen-bond donors (Lipinski definition) is 2. The van der Waals surface area contributed by atoms with Gasteiger partial charge in [0.25, 0.3) is 0 Å². The van der Waals surface area contributed by atoms with Crippen molar-refractivity contribution in [2.75, 3.05) is 6.54 Å². The minimum atomic E-state index is -0.213. The monoisotopic (exact) mass is 312 g/mol. The Morgan fingerprint density at radius 1 is 1.33 bits per heavy atom. The topological polar surface area (TPSA) is 55.1 Å². The first-order valence-corrected chi connectivity index (χ1v) is 7.20. The molecule has 1 aromatic carbocycles. The summed E-state index contributed by atoms with van der Waals surface area (Å²) in [6.45, 7) is 3.09. The highest BCUT2D eigenvalue weighted by atomic mass is 79.9. The van der Waals surface area contributed by atoms with E-state index in [2.05, 4.69) is 52.4 Å². The van der Waals surface area contributed by atoms with Gasteiger partial charge in [0.15, 0.2) is 0 Å². The lowest BCUT2D eigenvalue weighted by molar-refractivity contribution is -0.118. The lowest BCUT2D eigenvalue weighted by Gasteiger charge is -2.17. The number of unbranched alkanes of at least 4 members (excludes halogenated alkanes) is 1. The van der Waals surface area contributed by atoms with Crippen LogP contribution >= 0.6 is 15.9 Å². The Hall–Kier alpha value is -0.870. The molecule has 0 aliphatic heterocycles. The van der Waals surface area contributed by atoms with E-state index in [0.717, 1.165) is 30.3 Å². The number of primary amides is 1. The van der Waals surface area contributed by atoms with Crippen LogP contribution in [0.5, 0.6) is 0 Å². The van der Waals surface area contributed by atoms with Crippen molar-refractivity contribution in [3.8, 4) is 0 Å². The molecule has 100 valence electrons. The predicted molar refractivity (Wildman–Crippen MR) is 78.2 cm³/mol. The fraction of sp³-hybridized carbons (Fsp3) is 0.500. The average molecular weight is 313 g/mol. The second kappa shape index (κ2) is 8.27. The maximum Gasteiger partial charge on any atom is 0.217 e. The Morgan fingerprint density at radius 3 is 2.56 bits per heavy atom. The van der Waals surface area contributed by atoms with E-state index in [9.17, 15) is 4.79 Å². The van der Waals surface area contributed by atoms with Crippen LogP contribution in [0.15, 0.2) is 28.7 Å². The van der Waals surface area contributed by atoms with Gasteiger partial charge in [-0.25, -0.2) is 0 Å². The zero-order valence-corrected chi connectivity index (χ0v) is 12.4. The van der Waals surface area contributed by atoms with Gasteiger partial charge >= 0.3 is 0 Å². The van der Waals surface area contributed by atoms with E-state index < -0.39 is 0 Å². The van der Waals surface area contributed by atoms with Crippen molar-refractivity contribution < 1.29 is 4.79 Å². The van der Waals surface area contributed by atoms with Gasteiger partial charge in [-0.2, -0.15) is 0 Å². The van der Waals surface area contributed by atoms with Gasteiger partial charge in [0.05, 0.1) is 0 Å². The molecule has 0 aliphatic rings. The number of halogens is 1. The van der Waals surface area contributed by atoms with Crippen molar-refractivity contribution in [3.63, 3.8) is 0 Å². The highest BCUT2D eigenvalue weighted by Crippen LogP contribution is 2.19. The third kappa shape index (κ3) is 5.65. The van der Waals surface area contributed by atoms with Gasteiger partial charge in [-0.15, -0.1) is 0 Å². The molecule has 1 amide bonds. The molecule has 1 unspecified atom stereocenters. The normalized spacial score (nSPS) is 12.3. The first kappa shape index (κ1) is 15.2. The predicted octanol–water partition coefficient (Wildman–Crippen LogP) is 3.15. The van der Waals surface area contributed by atoms with Crippen molar-refractivity contribution in [3.05, 3.63) is 34.3 Å². The van der Waals surface area contributed by atoms with Gasteiger partial charge in [-0.1, -0.05) is 35.0 Å². The number of carbonyl (C=O) groups excluding carboxylic acids is 1. The molecule has 0 fully saturated rings. The molecule has 0 spiro atoms. The van der Waals surface area contributed by atoms with Gasteiger partial charge in [0.1, 0.15) is 0 Å². The summed E-state index contributed by atoms with van der Waals surface area (Å²) in [5.74, 6) is -0.213. The van der Waals surface area contributed by atoms with Crippen LogP contribution in [0.4, 0.5) is 0 Å². The van der Waals surface area contributed by atoms with Gasteiger partial charge in [0, 0.05) is 16.9 Å². The summed E-state index contributed by atoms with van der Waals surface area (Å²) < 4.78 is 1.10. The summed E-state index contributed by atoms with van der Waals surface area (Å²) in [5.41, 5.74) is 6.40. The minimum Gasteiger partial charge on any atom is -0.370 e. The number of hydrogen-bond acceptors (Lipinski definition) is 2. The molecule has 0 saturated carbocycles. The Balaban J connectivity index is 2.33. The van der Waals surface area contributed by atoms with Crippen LogP contribution in [0.25, 0.3) is 0 Å². The maximum absolute atomic E-state index is 10.6. The van der Waals surface area contributed by atoms with Crippen LogP contribution in [-0.2, 0) is 4.79 Å². The summed E-state index contributed by atoms with van der Waals surface area (Å²) in [6.07, 6.45) is 3.38. The van der Waals surface area contributed by atoms with Crippen LogP contribution in [0, 0.1) is 0 Å². The molecule has 0 aliphatic carbocycles. The second-order valence-corrected chi connectivity index (χ2v) is 5.31. The zero-order valence-electron chi connectivity index (χ0n) is 10.8. The smallest absolute Gasteiger partial charge is 0.217 e. The van der Waals surface area contributed by atoms with Gasteiger partial charge in [0.2, 0.25) is 5.91 Å². The van der Waals surface area contributed by atoms with Gasteiger partial charge < -0.3 is 11.1 Å². The first-order valence-electron chi connectivity index (χ1n) is 6.40. The Labute approximate surface area is 117 Å². The highest BCUT2D eigenvalue weighted by molar-refractivity contribution is 9.10. The fourth-order valence-electron chi connectivity index (χ4n) is 1.89. The molecule has 1 aromatic rings. The van der Waals surface area contributed by atoms with E-state index in [1.54, 1.807) is 0 Å². The van der Waals surface area contributed by atoms with Crippen LogP contribution in [-0.4, -0.2) is 12.5 Å². The second-order valence-electron chi connectivity index (χ2n) is 4.39. The molecule has 0 bridgehead atoms. The number of amides is 1. The molecule has 0 aromatic heterocycles. The van der Waals surface area contributed by atoms with Crippen LogP contribution in [0.3, 0.4) is 0 Å². The minimum absolute atomic E-state index is 0.213. The van der Waals surface area contributed by atoms with Gasteiger partial charge in [-0.05, 0) is 43.5 Å². The standard InChI is InChI=1S/C14H21BrN2O/c1-2-13(11-6-8-12(15)9-7-11)17-10-4-3-5-14(16)18/h6-9,13,17H,2-5,10H2,1H3,(H2,16,18). The number of benzene rings is 1. The molecular formula is C14H21BrN2O. The number of nitrogens with one attached hydrogen (secondary N) is 1. The molecule has 3 N–H and O–H groups in total. The number of carbonyl (C=O) groups is 1. The largest absolute Gasteiger partial charge is 0.370 e. The van der Waals surface area contributed by atoms with Crippen LogP contribution in [0.2, 0.25) is 0 Å². The lowest BCUT2D eigenvalue weighted by atomic mass is 10.0. The quantitative estimate of drug-likeness (QED) is 0.724. The molecule has 0 heterocycles. The summed E-state index contributed by atoms with van der Waals surface area (Å²) in [7, 11) is 0. The van der Waals surface area contributed by atoms with E-state index in [0.29, 0.717) is 12.5 Å². The third-order valence-corrected chi connectivity index (χ3v) is 3.45. The molecule has 18 heavy (non-hydrogen) atoms. The summed E-state index contributed by atoms with van der Waals surface area (Å²) in [4.78, 5) is 10.6. The summed E-state index contributed by atoms with van der Waals surface area (Å²) in [6, 6.07) is 8.77. The molecule has 1 rings (SSSR count). The molecule has 1 atom stereocenters. The van der Waals surface area contributed by atoms with Crippen molar-refractivity contribution in [2.24, 2.45) is 5.73 Å². The van der Waals surface area contributed by atoms with Crippen molar-refractivity contribution >= 4 is 21.8 Å². The van der Waals surface area contributed by atoms with Crippen molar-refractivity contribution in [1.29, 1.82) is 0 Å². The number of nitrogens with two attached hydrogens (primary N) is 1. The van der Waals surface area contributed by atoms with Crippen LogP contribution < -0.4 is 11.1 Å². The fourth-order valence-corrected chi connectivity index (χ4v) is 2.16. The SMILES string of the molecule is CCC(NCCCCC(N)=O)c1ccc(Br)cc1. The van der Waals surface area contributed by atoms with E-state index >= 15 is 0 Å². The Morgan fingerprint density at radius 2 is 2.00 bits per heavy atom. The third-order valence-electron chi connectivity index (χ3n) is 2.92. The first-order chi connectivity index (χ1) is 8.63. The zero-order chi connectivity index (χ0) is 13.4. The van der Waals surface area contributed by atoms with E-state index in [1.165, 1.54) is 5.56 Å². The number of rotatable bonds is 8. The van der Waals surface area contributed by atoms with E-state index in [4.69, 9.17) is 5.73 Å². The molecule has 4 heteroatoms. The highest BCUT2D eigenvalue weighted by Gasteiger charge is 2.07. The summed E-state index contributed by atoms with van der Waals surface area (Å²) >= 11 is 3.44. The molecule has 0 saturated heterocycles. The average Bonchev–Trinajstić information content (AvgIpc) is 2.35. The Bertz CT molecular complexity index is 365. The summed E-state index contributed by atoms with van der Waals surface area (Å²) in [5, 5.41) is 3.51. The van der Waals surface area contributed by atoms with Crippen molar-refractivity contribution in [2.45, 2.75) is 38.6 Å². The Kier molecular flexibility index (Phi) is 6.98. The molecular weight excluding hydrogens is 292 g/mol. The lowest BCUT2D eigenvalue weighted by Crippen LogP contribution is -2.22. The molecule has 3 nitrogen and oxygen atoms in total. The van der Waals surface area contributed by atoms with Gasteiger partial charge in [-0.3, -0.25) is 4.79 Å². The maximum atomic E-state index is 10.6. The van der Waals surface area contributed by atoms with Crippen LogP contribution in [0.1, 0.15) is 44.2 Å².